The summed E-state index contributed by atoms with van der Waals surface area (Å²) in [5.41, 5.74) is 2.96. The highest BCUT2D eigenvalue weighted by Crippen LogP contribution is 2.33. The minimum atomic E-state index is 0.0836. The number of hydrazine groups is 1. The Balaban J connectivity index is 2.55. The van der Waals surface area contributed by atoms with Crippen molar-refractivity contribution < 1.29 is 9.59 Å². The van der Waals surface area contributed by atoms with E-state index in [0.29, 0.717) is 13.0 Å². The van der Waals surface area contributed by atoms with E-state index in [1.54, 1.807) is 19.0 Å². The van der Waals surface area contributed by atoms with Gasteiger partial charge in [0.25, 0.3) is 0 Å². The molecule has 0 aromatic rings. The molecule has 0 spiro atoms. The maximum atomic E-state index is 12.4. The molecule has 5 nitrogen and oxygen atoms in total. The Labute approximate surface area is 122 Å². The zero-order valence-corrected chi connectivity index (χ0v) is 13.3. The molecule has 0 aromatic carbocycles. The molecule has 1 fully saturated rings. The van der Waals surface area contributed by atoms with Crippen molar-refractivity contribution in [1.82, 2.24) is 15.3 Å². The molecule has 0 saturated heterocycles. The summed E-state index contributed by atoms with van der Waals surface area (Å²) in [4.78, 5) is 26.1. The van der Waals surface area contributed by atoms with Crippen molar-refractivity contribution in [2.75, 3.05) is 34.2 Å². The van der Waals surface area contributed by atoms with E-state index < -0.39 is 0 Å². The highest BCUT2D eigenvalue weighted by atomic mass is 16.2. The van der Waals surface area contributed by atoms with Crippen molar-refractivity contribution in [1.29, 1.82) is 0 Å². The lowest BCUT2D eigenvalue weighted by Gasteiger charge is -2.31. The van der Waals surface area contributed by atoms with E-state index in [4.69, 9.17) is 0 Å². The van der Waals surface area contributed by atoms with Gasteiger partial charge in [-0.15, -0.1) is 0 Å². The molecule has 0 bridgehead atoms. The Morgan fingerprint density at radius 3 is 2.35 bits per heavy atom. The zero-order valence-electron chi connectivity index (χ0n) is 13.3. The Kier molecular flexibility index (Phi) is 7.16. The molecule has 116 valence electrons. The monoisotopic (exact) mass is 283 g/mol. The number of hydrogen-bond donors (Lipinski definition) is 1. The largest absolute Gasteiger partial charge is 0.308 e. The number of hydrogen-bond acceptors (Lipinski definition) is 4. The van der Waals surface area contributed by atoms with E-state index in [9.17, 15) is 9.59 Å². The smallest absolute Gasteiger partial charge is 0.236 e. The van der Waals surface area contributed by atoms with Gasteiger partial charge in [-0.05, 0) is 39.8 Å². The summed E-state index contributed by atoms with van der Waals surface area (Å²) in [6.45, 7) is 3.16. The molecule has 1 amide bonds. The number of amides is 1. The SMILES string of the molecule is CNN(CCN(C)C)C(=O)C[C@@H]1CCCCC1C(C)=O. The molecule has 5 heteroatoms. The highest BCUT2D eigenvalue weighted by Gasteiger charge is 2.31. The van der Waals surface area contributed by atoms with Crippen LogP contribution in [-0.4, -0.2) is 55.8 Å². The Bertz CT molecular complexity index is 331. The normalized spacial score (nSPS) is 22.9. The summed E-state index contributed by atoms with van der Waals surface area (Å²) in [6, 6.07) is 0. The number of nitrogens with zero attached hydrogens (tertiary/aromatic N) is 2. The van der Waals surface area contributed by atoms with E-state index in [0.717, 1.165) is 32.2 Å². The van der Waals surface area contributed by atoms with Crippen LogP contribution in [-0.2, 0) is 9.59 Å². The van der Waals surface area contributed by atoms with E-state index in [1.165, 1.54) is 0 Å². The summed E-state index contributed by atoms with van der Waals surface area (Å²) >= 11 is 0. The molecule has 0 heterocycles. The molecule has 0 aromatic heterocycles. The third-order valence-corrected chi connectivity index (χ3v) is 4.21. The van der Waals surface area contributed by atoms with Crippen LogP contribution in [0.4, 0.5) is 0 Å². The maximum Gasteiger partial charge on any atom is 0.236 e. The molecule has 0 radical (unpaired) electrons. The van der Waals surface area contributed by atoms with Crippen LogP contribution in [0.2, 0.25) is 0 Å². The molecule has 1 saturated carbocycles. The van der Waals surface area contributed by atoms with Gasteiger partial charge in [-0.1, -0.05) is 12.8 Å². The van der Waals surface area contributed by atoms with Crippen LogP contribution < -0.4 is 5.43 Å². The van der Waals surface area contributed by atoms with Crippen LogP contribution in [0.15, 0.2) is 0 Å². The first-order valence-electron chi connectivity index (χ1n) is 7.58. The molecular formula is C15H29N3O2. The standard InChI is InChI=1S/C15H29N3O2/c1-12(19)14-8-6-5-7-13(14)11-15(20)18(16-2)10-9-17(3)4/h13-14,16H,5-11H2,1-4H3/t13-,14?/m0/s1. The molecule has 0 aliphatic heterocycles. The van der Waals surface area contributed by atoms with Crippen LogP contribution in [0.25, 0.3) is 0 Å². The van der Waals surface area contributed by atoms with E-state index >= 15 is 0 Å². The summed E-state index contributed by atoms with van der Waals surface area (Å²) in [7, 11) is 5.76. The molecular weight excluding hydrogens is 254 g/mol. The van der Waals surface area contributed by atoms with Crippen LogP contribution in [0, 0.1) is 11.8 Å². The molecule has 1 aliphatic carbocycles. The lowest BCUT2D eigenvalue weighted by Crippen LogP contribution is -2.45. The minimum Gasteiger partial charge on any atom is -0.308 e. The van der Waals surface area contributed by atoms with Crippen molar-refractivity contribution in [3.63, 3.8) is 0 Å². The van der Waals surface area contributed by atoms with Crippen LogP contribution in [0.3, 0.4) is 0 Å². The Hall–Kier alpha value is -0.940. The Morgan fingerprint density at radius 2 is 1.80 bits per heavy atom. The first-order chi connectivity index (χ1) is 9.45. The minimum absolute atomic E-state index is 0.0836. The van der Waals surface area contributed by atoms with Gasteiger partial charge >= 0.3 is 0 Å². The van der Waals surface area contributed by atoms with Crippen molar-refractivity contribution >= 4 is 11.7 Å². The lowest BCUT2D eigenvalue weighted by molar-refractivity contribution is -0.136. The summed E-state index contributed by atoms with van der Waals surface area (Å²) in [5, 5.41) is 1.67. The first kappa shape index (κ1) is 17.1. The fraction of sp³-hybridized carbons (Fsp3) is 0.867. The topological polar surface area (TPSA) is 52.6 Å². The van der Waals surface area contributed by atoms with Gasteiger partial charge in [0.2, 0.25) is 5.91 Å². The lowest BCUT2D eigenvalue weighted by atomic mass is 9.75. The number of likely N-dealkylation sites (N-methyl/N-ethyl adjacent to an activating group) is 1. The van der Waals surface area contributed by atoms with Gasteiger partial charge < -0.3 is 4.90 Å². The summed E-state index contributed by atoms with van der Waals surface area (Å²) < 4.78 is 0. The number of nitrogens with one attached hydrogen (secondary N) is 1. The fourth-order valence-corrected chi connectivity index (χ4v) is 2.98. The second-order valence-electron chi connectivity index (χ2n) is 6.04. The molecule has 20 heavy (non-hydrogen) atoms. The summed E-state index contributed by atoms with van der Waals surface area (Å²) in [6.07, 6.45) is 4.69. The van der Waals surface area contributed by atoms with Gasteiger partial charge in [0.15, 0.2) is 0 Å². The predicted molar refractivity (Wildman–Crippen MR) is 80.1 cm³/mol. The van der Waals surface area contributed by atoms with Gasteiger partial charge in [0, 0.05) is 32.5 Å². The zero-order chi connectivity index (χ0) is 15.1. The average Bonchev–Trinajstić information content (AvgIpc) is 2.39. The van der Waals surface area contributed by atoms with Gasteiger partial charge in [-0.3, -0.25) is 14.6 Å². The number of rotatable bonds is 7. The highest BCUT2D eigenvalue weighted by molar-refractivity contribution is 5.81. The van der Waals surface area contributed by atoms with Crippen molar-refractivity contribution in [2.45, 2.75) is 39.0 Å². The second kappa shape index (κ2) is 8.37. The number of carbonyl (C=O) groups excluding carboxylic acids is 2. The quantitative estimate of drug-likeness (QED) is 0.716. The van der Waals surface area contributed by atoms with Crippen molar-refractivity contribution in [2.24, 2.45) is 11.8 Å². The number of Topliss-reactive ketones (excluding diaryl/α,β-unsaturated/α-hetero) is 1. The summed E-state index contributed by atoms with van der Waals surface area (Å²) in [5.74, 6) is 0.656. The van der Waals surface area contributed by atoms with Crippen LogP contribution >= 0.6 is 0 Å². The molecule has 1 unspecified atom stereocenters. The van der Waals surface area contributed by atoms with Gasteiger partial charge in [-0.2, -0.15) is 0 Å². The average molecular weight is 283 g/mol. The van der Waals surface area contributed by atoms with Gasteiger partial charge in [0.1, 0.15) is 5.78 Å². The molecule has 1 rings (SSSR count). The third-order valence-electron chi connectivity index (χ3n) is 4.21. The number of ketones is 1. The van der Waals surface area contributed by atoms with E-state index in [1.807, 2.05) is 14.1 Å². The van der Waals surface area contributed by atoms with E-state index in [2.05, 4.69) is 10.3 Å². The van der Waals surface area contributed by atoms with E-state index in [-0.39, 0.29) is 23.5 Å². The second-order valence-corrected chi connectivity index (χ2v) is 6.04. The van der Waals surface area contributed by atoms with Crippen molar-refractivity contribution in [3.8, 4) is 0 Å². The first-order valence-corrected chi connectivity index (χ1v) is 7.58. The molecule has 2 atom stereocenters. The van der Waals surface area contributed by atoms with Crippen LogP contribution in [0.5, 0.6) is 0 Å². The van der Waals surface area contributed by atoms with Gasteiger partial charge in [0.05, 0.1) is 0 Å². The fourth-order valence-electron chi connectivity index (χ4n) is 2.98. The number of carbonyl (C=O) groups is 2. The van der Waals surface area contributed by atoms with Gasteiger partial charge in [-0.25, -0.2) is 5.43 Å². The third kappa shape index (κ3) is 5.21. The molecule has 1 aliphatic rings. The van der Waals surface area contributed by atoms with Crippen molar-refractivity contribution in [3.05, 3.63) is 0 Å². The molecule has 1 N–H and O–H groups in total. The van der Waals surface area contributed by atoms with Crippen LogP contribution in [0.1, 0.15) is 39.0 Å². The predicted octanol–water partition coefficient (Wildman–Crippen LogP) is 1.30. The Morgan fingerprint density at radius 1 is 1.15 bits per heavy atom. The maximum absolute atomic E-state index is 12.4.